The average Bonchev–Trinajstić information content (AvgIpc) is 2.52. The van der Waals surface area contributed by atoms with Crippen molar-refractivity contribution in [2.75, 3.05) is 12.4 Å². The molecule has 2 aromatic rings. The second-order valence-corrected chi connectivity index (χ2v) is 4.66. The van der Waals surface area contributed by atoms with Crippen LogP contribution >= 0.6 is 0 Å². The normalized spacial score (nSPS) is 13.1. The van der Waals surface area contributed by atoms with Crippen molar-refractivity contribution >= 4 is 11.8 Å². The molecule has 2 nitrogen and oxygen atoms in total. The minimum atomic E-state index is -4.38. The van der Waals surface area contributed by atoms with Crippen molar-refractivity contribution < 1.29 is 17.9 Å². The lowest BCUT2D eigenvalue weighted by atomic mass is 10.1. The van der Waals surface area contributed by atoms with E-state index in [9.17, 15) is 13.2 Å². The molecule has 0 fully saturated rings. The number of nitrogens with one attached hydrogen (secondary N) is 1. The quantitative estimate of drug-likeness (QED) is 0.860. The summed E-state index contributed by atoms with van der Waals surface area (Å²) in [7, 11) is 1.50. The van der Waals surface area contributed by atoms with Gasteiger partial charge in [0, 0.05) is 5.69 Å². The van der Waals surface area contributed by atoms with Gasteiger partial charge < -0.3 is 10.1 Å². The van der Waals surface area contributed by atoms with Crippen molar-refractivity contribution in [3.8, 4) is 5.75 Å². The van der Waals surface area contributed by atoms with E-state index in [-0.39, 0.29) is 0 Å². The fourth-order valence-electron chi connectivity index (χ4n) is 1.88. The van der Waals surface area contributed by atoms with Gasteiger partial charge in [-0.25, -0.2) is 0 Å². The summed E-state index contributed by atoms with van der Waals surface area (Å²) in [4.78, 5) is 0. The fraction of sp³-hybridized carbons (Fsp3) is 0.176. The van der Waals surface area contributed by atoms with Crippen LogP contribution in [0.2, 0.25) is 0 Å². The number of anilines is 1. The van der Waals surface area contributed by atoms with E-state index in [2.05, 4.69) is 5.32 Å². The number of alkyl halides is 3. The Kier molecular flexibility index (Phi) is 5.09. The Balaban J connectivity index is 2.14. The minimum Gasteiger partial charge on any atom is -0.497 e. The molecule has 2 aromatic carbocycles. The van der Waals surface area contributed by atoms with Crippen molar-refractivity contribution in [3.05, 3.63) is 66.2 Å². The van der Waals surface area contributed by atoms with Crippen molar-refractivity contribution in [2.45, 2.75) is 12.2 Å². The SMILES string of the molecule is COc1ccc(NC(/C=C\c2ccccc2)C(F)(F)F)cc1. The van der Waals surface area contributed by atoms with Crippen molar-refractivity contribution in [1.29, 1.82) is 0 Å². The van der Waals surface area contributed by atoms with E-state index in [1.165, 1.54) is 13.2 Å². The molecular weight excluding hydrogens is 291 g/mol. The second kappa shape index (κ2) is 7.02. The van der Waals surface area contributed by atoms with Crippen molar-refractivity contribution in [3.63, 3.8) is 0 Å². The molecule has 0 aliphatic rings. The van der Waals surface area contributed by atoms with E-state index in [0.717, 1.165) is 6.08 Å². The fourth-order valence-corrected chi connectivity index (χ4v) is 1.88. The van der Waals surface area contributed by atoms with E-state index < -0.39 is 12.2 Å². The highest BCUT2D eigenvalue weighted by molar-refractivity contribution is 5.53. The van der Waals surface area contributed by atoms with Gasteiger partial charge in [-0.15, -0.1) is 0 Å². The van der Waals surface area contributed by atoms with Gasteiger partial charge in [-0.3, -0.25) is 0 Å². The smallest absolute Gasteiger partial charge is 0.412 e. The highest BCUT2D eigenvalue weighted by Crippen LogP contribution is 2.26. The Labute approximate surface area is 127 Å². The summed E-state index contributed by atoms with van der Waals surface area (Å²) in [5.74, 6) is 0.592. The Morgan fingerprint density at radius 3 is 2.18 bits per heavy atom. The predicted octanol–water partition coefficient (Wildman–Crippen LogP) is 4.75. The molecule has 0 saturated carbocycles. The first-order valence-corrected chi connectivity index (χ1v) is 6.69. The molecular formula is C17H16F3NO. The molecule has 0 heterocycles. The molecule has 0 saturated heterocycles. The van der Waals surface area contributed by atoms with Crippen LogP contribution in [-0.4, -0.2) is 19.3 Å². The molecule has 1 atom stereocenters. The van der Waals surface area contributed by atoms with Gasteiger partial charge in [0.2, 0.25) is 0 Å². The second-order valence-electron chi connectivity index (χ2n) is 4.66. The topological polar surface area (TPSA) is 21.3 Å². The lowest BCUT2D eigenvalue weighted by Gasteiger charge is -2.19. The van der Waals surface area contributed by atoms with Gasteiger partial charge >= 0.3 is 6.18 Å². The zero-order valence-corrected chi connectivity index (χ0v) is 12.0. The van der Waals surface area contributed by atoms with E-state index in [4.69, 9.17) is 4.74 Å². The Bertz CT molecular complexity index is 606. The molecule has 22 heavy (non-hydrogen) atoms. The van der Waals surface area contributed by atoms with Crippen LogP contribution in [0.3, 0.4) is 0 Å². The maximum Gasteiger partial charge on any atom is 0.412 e. The third-order valence-electron chi connectivity index (χ3n) is 3.05. The lowest BCUT2D eigenvalue weighted by molar-refractivity contribution is -0.132. The molecule has 2 rings (SSSR count). The van der Waals surface area contributed by atoms with E-state index in [1.807, 2.05) is 6.07 Å². The average molecular weight is 307 g/mol. The first-order chi connectivity index (χ1) is 10.5. The third-order valence-corrected chi connectivity index (χ3v) is 3.05. The summed E-state index contributed by atoms with van der Waals surface area (Å²) >= 11 is 0. The van der Waals surface area contributed by atoms with Gasteiger partial charge in [0.05, 0.1) is 7.11 Å². The van der Waals surface area contributed by atoms with Crippen LogP contribution in [0.4, 0.5) is 18.9 Å². The Morgan fingerprint density at radius 2 is 1.64 bits per heavy atom. The van der Waals surface area contributed by atoms with Gasteiger partial charge in [0.25, 0.3) is 0 Å². The number of halogens is 3. The molecule has 0 aliphatic carbocycles. The highest BCUT2D eigenvalue weighted by Gasteiger charge is 2.37. The number of hydrogen-bond acceptors (Lipinski definition) is 2. The molecule has 5 heteroatoms. The van der Waals surface area contributed by atoms with Gasteiger partial charge in [-0.2, -0.15) is 13.2 Å². The maximum absolute atomic E-state index is 13.1. The Morgan fingerprint density at radius 1 is 1.00 bits per heavy atom. The molecule has 0 amide bonds. The van der Waals surface area contributed by atoms with Crippen LogP contribution in [-0.2, 0) is 0 Å². The maximum atomic E-state index is 13.1. The first-order valence-electron chi connectivity index (χ1n) is 6.69. The molecule has 1 N–H and O–H groups in total. The van der Waals surface area contributed by atoms with Gasteiger partial charge in [-0.05, 0) is 29.8 Å². The zero-order valence-electron chi connectivity index (χ0n) is 12.0. The van der Waals surface area contributed by atoms with Crippen LogP contribution in [0.1, 0.15) is 5.56 Å². The molecule has 0 aliphatic heterocycles. The van der Waals surface area contributed by atoms with Gasteiger partial charge in [0.1, 0.15) is 11.8 Å². The standard InChI is InChI=1S/C17H16F3NO/c1-22-15-10-8-14(9-11-15)21-16(17(18,19)20)12-7-13-5-3-2-4-6-13/h2-12,16,21H,1H3/b12-7-. The summed E-state index contributed by atoms with van der Waals surface area (Å²) in [6.45, 7) is 0. The van der Waals surface area contributed by atoms with Gasteiger partial charge in [0.15, 0.2) is 0 Å². The summed E-state index contributed by atoms with van der Waals surface area (Å²) in [6.07, 6.45) is -1.82. The molecule has 0 spiro atoms. The summed E-state index contributed by atoms with van der Waals surface area (Å²) < 4.78 is 44.3. The largest absolute Gasteiger partial charge is 0.497 e. The van der Waals surface area contributed by atoms with E-state index in [1.54, 1.807) is 48.5 Å². The molecule has 1 unspecified atom stereocenters. The van der Waals surface area contributed by atoms with Crippen molar-refractivity contribution in [1.82, 2.24) is 0 Å². The molecule has 116 valence electrons. The summed E-state index contributed by atoms with van der Waals surface area (Å²) in [5, 5.41) is 2.47. The van der Waals surface area contributed by atoms with E-state index in [0.29, 0.717) is 17.0 Å². The summed E-state index contributed by atoms with van der Waals surface area (Å²) in [6, 6.07) is 13.4. The van der Waals surface area contributed by atoms with Crippen LogP contribution in [0.5, 0.6) is 5.75 Å². The Hall–Kier alpha value is -2.43. The predicted molar refractivity (Wildman–Crippen MR) is 81.9 cm³/mol. The summed E-state index contributed by atoms with van der Waals surface area (Å²) in [5.41, 5.74) is 1.09. The van der Waals surface area contributed by atoms with Crippen LogP contribution in [0.25, 0.3) is 6.08 Å². The number of benzene rings is 2. The molecule has 0 bridgehead atoms. The van der Waals surface area contributed by atoms with Gasteiger partial charge in [-0.1, -0.05) is 42.5 Å². The van der Waals surface area contributed by atoms with Crippen LogP contribution < -0.4 is 10.1 Å². The first kappa shape index (κ1) is 15.9. The third kappa shape index (κ3) is 4.55. The number of hydrogen-bond donors (Lipinski definition) is 1. The zero-order chi connectivity index (χ0) is 16.0. The van der Waals surface area contributed by atoms with Crippen LogP contribution in [0, 0.1) is 0 Å². The van der Waals surface area contributed by atoms with Crippen molar-refractivity contribution in [2.24, 2.45) is 0 Å². The number of methoxy groups -OCH3 is 1. The van der Waals surface area contributed by atoms with Crippen LogP contribution in [0.15, 0.2) is 60.7 Å². The van der Waals surface area contributed by atoms with E-state index >= 15 is 0 Å². The number of rotatable bonds is 5. The molecule has 0 aromatic heterocycles. The highest BCUT2D eigenvalue weighted by atomic mass is 19.4. The lowest BCUT2D eigenvalue weighted by Crippen LogP contribution is -2.34. The monoisotopic (exact) mass is 307 g/mol. The minimum absolute atomic E-state index is 0.376. The number of ether oxygens (including phenoxy) is 1. The molecule has 0 radical (unpaired) electrons.